The van der Waals surface area contributed by atoms with Gasteiger partial charge in [0, 0.05) is 10.7 Å². The van der Waals surface area contributed by atoms with Crippen LogP contribution in [0.1, 0.15) is 40.5 Å². The van der Waals surface area contributed by atoms with Crippen LogP contribution >= 0.6 is 11.6 Å². The highest BCUT2D eigenvalue weighted by Crippen LogP contribution is 2.29. The molecule has 20 heavy (non-hydrogen) atoms. The molecule has 4 heteroatoms. The Kier molecular flexibility index (Phi) is 5.88. The Morgan fingerprint density at radius 1 is 1.15 bits per heavy atom. The summed E-state index contributed by atoms with van der Waals surface area (Å²) in [6.07, 6.45) is 1.42. The van der Waals surface area contributed by atoms with E-state index in [1.165, 1.54) is 0 Å². The molecule has 0 aliphatic carbocycles. The van der Waals surface area contributed by atoms with Crippen molar-refractivity contribution in [1.82, 2.24) is 0 Å². The first kappa shape index (κ1) is 16.8. The molecule has 0 aromatic heterocycles. The van der Waals surface area contributed by atoms with Gasteiger partial charge < -0.3 is 11.1 Å². The quantitative estimate of drug-likeness (QED) is 0.797. The highest BCUT2D eigenvalue weighted by atomic mass is 35.5. The maximum Gasteiger partial charge on any atom is 0.243 e. The van der Waals surface area contributed by atoms with Crippen LogP contribution in [0.5, 0.6) is 0 Å². The van der Waals surface area contributed by atoms with Crippen LogP contribution in [-0.4, -0.2) is 11.4 Å². The van der Waals surface area contributed by atoms with Crippen molar-refractivity contribution < 1.29 is 4.79 Å². The van der Waals surface area contributed by atoms with E-state index in [4.69, 9.17) is 17.3 Å². The van der Waals surface area contributed by atoms with E-state index in [1.807, 2.05) is 12.1 Å². The van der Waals surface area contributed by atoms with E-state index >= 15 is 0 Å². The predicted octanol–water partition coefficient (Wildman–Crippen LogP) is 4.07. The van der Waals surface area contributed by atoms with Crippen LogP contribution in [0.15, 0.2) is 24.3 Å². The zero-order valence-electron chi connectivity index (χ0n) is 12.7. The van der Waals surface area contributed by atoms with Gasteiger partial charge in [0.25, 0.3) is 0 Å². The number of halogens is 1. The lowest BCUT2D eigenvalue weighted by atomic mass is 9.81. The van der Waals surface area contributed by atoms with Gasteiger partial charge in [0.15, 0.2) is 0 Å². The summed E-state index contributed by atoms with van der Waals surface area (Å²) >= 11 is 5.89. The number of anilines is 1. The summed E-state index contributed by atoms with van der Waals surface area (Å²) in [4.78, 5) is 12.1. The molecular formula is C16H25ClN2O. The average Bonchev–Trinajstić information content (AvgIpc) is 2.30. The minimum atomic E-state index is -0.712. The van der Waals surface area contributed by atoms with Crippen LogP contribution in [0.4, 0.5) is 5.69 Å². The third-order valence-corrected chi connectivity index (χ3v) is 3.46. The molecule has 0 aliphatic rings. The van der Waals surface area contributed by atoms with Gasteiger partial charge in [0.2, 0.25) is 5.91 Å². The van der Waals surface area contributed by atoms with Crippen molar-refractivity contribution in [3.63, 3.8) is 0 Å². The molecule has 0 saturated heterocycles. The van der Waals surface area contributed by atoms with Crippen LogP contribution in [0, 0.1) is 11.8 Å². The van der Waals surface area contributed by atoms with Gasteiger partial charge in [-0.05, 0) is 48.9 Å². The molecule has 0 saturated carbocycles. The smallest absolute Gasteiger partial charge is 0.243 e. The summed E-state index contributed by atoms with van der Waals surface area (Å²) in [7, 11) is 0. The van der Waals surface area contributed by atoms with Gasteiger partial charge in [-0.3, -0.25) is 4.79 Å². The molecule has 1 amide bonds. The van der Waals surface area contributed by atoms with E-state index in [9.17, 15) is 4.79 Å². The van der Waals surface area contributed by atoms with Crippen molar-refractivity contribution in [3.8, 4) is 0 Å². The Morgan fingerprint density at radius 3 is 1.95 bits per heavy atom. The minimum Gasteiger partial charge on any atom is -0.371 e. The van der Waals surface area contributed by atoms with E-state index in [0.717, 1.165) is 5.69 Å². The van der Waals surface area contributed by atoms with Gasteiger partial charge in [-0.15, -0.1) is 0 Å². The second-order valence-corrected chi connectivity index (χ2v) is 6.71. The summed E-state index contributed by atoms with van der Waals surface area (Å²) in [5.41, 5.74) is 5.88. The molecule has 1 aromatic rings. The molecule has 3 N–H and O–H groups in total. The average molecular weight is 297 g/mol. The molecule has 1 rings (SSSR count). The molecule has 0 atom stereocenters. The lowest BCUT2D eigenvalue weighted by Crippen LogP contribution is -2.52. The van der Waals surface area contributed by atoms with E-state index in [0.29, 0.717) is 29.7 Å². The molecule has 0 bridgehead atoms. The first-order valence-corrected chi connectivity index (χ1v) is 7.46. The zero-order valence-corrected chi connectivity index (χ0v) is 13.5. The molecule has 0 radical (unpaired) electrons. The summed E-state index contributed by atoms with van der Waals surface area (Å²) in [6, 6.07) is 7.36. The van der Waals surface area contributed by atoms with E-state index in [-0.39, 0.29) is 5.91 Å². The normalized spacial score (nSPS) is 11.9. The Labute approximate surface area is 126 Å². The molecule has 0 unspecified atom stereocenters. The second kappa shape index (κ2) is 6.98. The van der Waals surface area contributed by atoms with Gasteiger partial charge in [-0.25, -0.2) is 0 Å². The largest absolute Gasteiger partial charge is 0.371 e. The standard InChI is InChI=1S/C16H25ClN2O/c1-11(2)9-16(15(18)20,10-12(3)4)19-14-7-5-13(17)6-8-14/h5-8,11-12,19H,9-10H2,1-4H3,(H2,18,20). The lowest BCUT2D eigenvalue weighted by Gasteiger charge is -2.35. The fourth-order valence-corrected chi connectivity index (χ4v) is 2.78. The number of amides is 1. The van der Waals surface area contributed by atoms with Crippen molar-refractivity contribution in [3.05, 3.63) is 29.3 Å². The van der Waals surface area contributed by atoms with Crippen LogP contribution in [0.2, 0.25) is 5.02 Å². The van der Waals surface area contributed by atoms with Crippen molar-refractivity contribution in [1.29, 1.82) is 0 Å². The summed E-state index contributed by atoms with van der Waals surface area (Å²) in [5.74, 6) is 0.456. The van der Waals surface area contributed by atoms with Crippen molar-refractivity contribution in [2.75, 3.05) is 5.32 Å². The van der Waals surface area contributed by atoms with Gasteiger partial charge >= 0.3 is 0 Å². The van der Waals surface area contributed by atoms with Gasteiger partial charge in [-0.1, -0.05) is 39.3 Å². The summed E-state index contributed by atoms with van der Waals surface area (Å²) < 4.78 is 0. The van der Waals surface area contributed by atoms with Crippen LogP contribution in [-0.2, 0) is 4.79 Å². The Bertz CT molecular complexity index is 430. The number of nitrogens with one attached hydrogen (secondary N) is 1. The highest BCUT2D eigenvalue weighted by Gasteiger charge is 2.37. The van der Waals surface area contributed by atoms with Gasteiger partial charge in [0.1, 0.15) is 5.54 Å². The summed E-state index contributed by atoms with van der Waals surface area (Å²) in [6.45, 7) is 8.40. The molecule has 3 nitrogen and oxygen atoms in total. The number of rotatable bonds is 7. The molecule has 0 heterocycles. The molecule has 1 aromatic carbocycles. The Morgan fingerprint density at radius 2 is 1.60 bits per heavy atom. The molecular weight excluding hydrogens is 272 g/mol. The maximum atomic E-state index is 12.1. The Hall–Kier alpha value is -1.22. The number of benzene rings is 1. The fraction of sp³-hybridized carbons (Fsp3) is 0.562. The lowest BCUT2D eigenvalue weighted by molar-refractivity contribution is -0.123. The predicted molar refractivity (Wildman–Crippen MR) is 85.9 cm³/mol. The molecule has 112 valence electrons. The monoisotopic (exact) mass is 296 g/mol. The number of hydrogen-bond acceptors (Lipinski definition) is 2. The Balaban J connectivity index is 3.06. The highest BCUT2D eigenvalue weighted by molar-refractivity contribution is 6.30. The van der Waals surface area contributed by atoms with Crippen LogP contribution < -0.4 is 11.1 Å². The zero-order chi connectivity index (χ0) is 15.3. The van der Waals surface area contributed by atoms with Gasteiger partial charge in [0.05, 0.1) is 0 Å². The number of primary amides is 1. The van der Waals surface area contributed by atoms with Crippen LogP contribution in [0.25, 0.3) is 0 Å². The van der Waals surface area contributed by atoms with Crippen molar-refractivity contribution in [2.45, 2.75) is 46.1 Å². The second-order valence-electron chi connectivity index (χ2n) is 6.27. The van der Waals surface area contributed by atoms with E-state index in [2.05, 4.69) is 33.0 Å². The number of carbonyl (C=O) groups excluding carboxylic acids is 1. The third kappa shape index (κ3) is 4.71. The first-order valence-electron chi connectivity index (χ1n) is 7.09. The molecule has 0 aliphatic heterocycles. The number of nitrogens with two attached hydrogens (primary N) is 1. The number of carbonyl (C=O) groups is 1. The molecule has 0 spiro atoms. The minimum absolute atomic E-state index is 0.296. The SMILES string of the molecule is CC(C)CC(CC(C)C)(Nc1ccc(Cl)cc1)C(N)=O. The third-order valence-electron chi connectivity index (χ3n) is 3.21. The maximum absolute atomic E-state index is 12.1. The summed E-state index contributed by atoms with van der Waals surface area (Å²) in [5, 5.41) is 4.02. The van der Waals surface area contributed by atoms with Crippen LogP contribution in [0.3, 0.4) is 0 Å². The fourth-order valence-electron chi connectivity index (χ4n) is 2.65. The first-order chi connectivity index (χ1) is 9.25. The topological polar surface area (TPSA) is 55.1 Å². The van der Waals surface area contributed by atoms with E-state index < -0.39 is 5.54 Å². The number of hydrogen-bond donors (Lipinski definition) is 2. The van der Waals surface area contributed by atoms with Gasteiger partial charge in [-0.2, -0.15) is 0 Å². The van der Waals surface area contributed by atoms with Crippen molar-refractivity contribution in [2.24, 2.45) is 17.6 Å². The van der Waals surface area contributed by atoms with E-state index in [1.54, 1.807) is 12.1 Å². The van der Waals surface area contributed by atoms with Crippen molar-refractivity contribution >= 4 is 23.2 Å². The molecule has 0 fully saturated rings.